The predicted octanol–water partition coefficient (Wildman–Crippen LogP) is 2.52. The fourth-order valence-electron chi connectivity index (χ4n) is 3.31. The van der Waals surface area contributed by atoms with Gasteiger partial charge in [-0.05, 0) is 44.2 Å². The van der Waals surface area contributed by atoms with E-state index in [1.165, 1.54) is 0 Å². The van der Waals surface area contributed by atoms with Crippen molar-refractivity contribution in [3.05, 3.63) is 23.9 Å². The van der Waals surface area contributed by atoms with E-state index >= 15 is 0 Å². The van der Waals surface area contributed by atoms with Crippen LogP contribution in [0.4, 0.5) is 5.82 Å². The Balaban J connectivity index is 2.10. The molecule has 0 aromatic carbocycles. The lowest BCUT2D eigenvalue weighted by molar-refractivity contribution is 0.0573. The Morgan fingerprint density at radius 2 is 2.22 bits per heavy atom. The van der Waals surface area contributed by atoms with Crippen LogP contribution in [0.15, 0.2) is 18.3 Å². The van der Waals surface area contributed by atoms with Gasteiger partial charge in [0.2, 0.25) is 0 Å². The van der Waals surface area contributed by atoms with E-state index in [-0.39, 0.29) is 11.9 Å². The van der Waals surface area contributed by atoms with Crippen molar-refractivity contribution in [2.45, 2.75) is 46.1 Å². The fourth-order valence-corrected chi connectivity index (χ4v) is 3.31. The third-order valence-electron chi connectivity index (χ3n) is 4.71. The van der Waals surface area contributed by atoms with Crippen molar-refractivity contribution < 1.29 is 4.79 Å². The molecule has 1 aliphatic heterocycles. The first-order chi connectivity index (χ1) is 11.1. The number of piperidine rings is 1. The van der Waals surface area contributed by atoms with Crippen LogP contribution in [0.2, 0.25) is 0 Å². The Kier molecular flexibility index (Phi) is 6.39. The number of nitrogens with zero attached hydrogens (tertiary/aromatic N) is 3. The second-order valence-electron chi connectivity index (χ2n) is 6.50. The minimum Gasteiger partial charge on any atom is -0.357 e. The maximum Gasteiger partial charge on any atom is 0.255 e. The zero-order valence-corrected chi connectivity index (χ0v) is 14.7. The summed E-state index contributed by atoms with van der Waals surface area (Å²) in [6.45, 7) is 9.74. The normalized spacial score (nSPS) is 21.3. The Morgan fingerprint density at radius 1 is 1.43 bits per heavy atom. The first-order valence-corrected chi connectivity index (χ1v) is 8.82. The van der Waals surface area contributed by atoms with Crippen molar-refractivity contribution in [1.29, 1.82) is 0 Å². The molecule has 1 aromatic heterocycles. The smallest absolute Gasteiger partial charge is 0.255 e. The third kappa shape index (κ3) is 4.22. The van der Waals surface area contributed by atoms with Crippen LogP contribution in [0.3, 0.4) is 0 Å². The number of nitrogens with two attached hydrogens (primary N) is 1. The van der Waals surface area contributed by atoms with Crippen LogP contribution < -0.4 is 10.6 Å². The number of hydrogen-bond donors (Lipinski definition) is 1. The van der Waals surface area contributed by atoms with E-state index in [9.17, 15) is 4.79 Å². The highest BCUT2D eigenvalue weighted by Crippen LogP contribution is 2.24. The first-order valence-electron chi connectivity index (χ1n) is 8.82. The lowest BCUT2D eigenvalue weighted by Crippen LogP contribution is -2.49. The zero-order chi connectivity index (χ0) is 16.8. The average molecular weight is 318 g/mol. The Morgan fingerprint density at radius 3 is 2.78 bits per heavy atom. The average Bonchev–Trinajstić information content (AvgIpc) is 2.59. The summed E-state index contributed by atoms with van der Waals surface area (Å²) in [5.41, 5.74) is 6.53. The van der Waals surface area contributed by atoms with Crippen molar-refractivity contribution in [3.63, 3.8) is 0 Å². The fraction of sp³-hybridized carbons (Fsp3) is 0.667. The Bertz CT molecular complexity index is 502. The standard InChI is InChI=1S/C18H30N4O/c1-4-9-21(5-2)17-7-6-15(13-20-17)18(23)22-10-8-14(3)11-16(22)12-19/h6-7,13-14,16H,4-5,8-12,19H2,1-3H3. The molecule has 2 rings (SSSR count). The van der Waals surface area contributed by atoms with Crippen molar-refractivity contribution in [3.8, 4) is 0 Å². The molecule has 1 aromatic rings. The maximum absolute atomic E-state index is 12.8. The highest BCUT2D eigenvalue weighted by Gasteiger charge is 2.29. The molecule has 5 heteroatoms. The van der Waals surface area contributed by atoms with Crippen LogP contribution in [0.25, 0.3) is 0 Å². The Labute approximate surface area is 139 Å². The molecule has 0 saturated carbocycles. The number of carbonyl (C=O) groups is 1. The van der Waals surface area contributed by atoms with Crippen molar-refractivity contribution in [2.24, 2.45) is 11.7 Å². The molecule has 0 aliphatic carbocycles. The molecular weight excluding hydrogens is 288 g/mol. The molecule has 0 radical (unpaired) electrons. The molecule has 5 nitrogen and oxygen atoms in total. The van der Waals surface area contributed by atoms with E-state index in [0.29, 0.717) is 18.0 Å². The zero-order valence-electron chi connectivity index (χ0n) is 14.7. The van der Waals surface area contributed by atoms with Crippen LogP contribution >= 0.6 is 0 Å². The van der Waals surface area contributed by atoms with Crippen LogP contribution in [-0.4, -0.2) is 48.0 Å². The second kappa shape index (κ2) is 8.29. The summed E-state index contributed by atoms with van der Waals surface area (Å²) in [4.78, 5) is 21.4. The number of anilines is 1. The lowest BCUT2D eigenvalue weighted by atomic mass is 9.92. The SMILES string of the molecule is CCCN(CC)c1ccc(C(=O)N2CCC(C)CC2CN)cn1. The molecule has 1 fully saturated rings. The molecule has 2 heterocycles. The molecule has 23 heavy (non-hydrogen) atoms. The quantitative estimate of drug-likeness (QED) is 0.875. The van der Waals surface area contributed by atoms with Crippen molar-refractivity contribution in [1.82, 2.24) is 9.88 Å². The largest absolute Gasteiger partial charge is 0.357 e. The van der Waals surface area contributed by atoms with Gasteiger partial charge in [0.1, 0.15) is 5.82 Å². The summed E-state index contributed by atoms with van der Waals surface area (Å²) in [6, 6.07) is 4.00. The van der Waals surface area contributed by atoms with Gasteiger partial charge in [0.15, 0.2) is 0 Å². The highest BCUT2D eigenvalue weighted by atomic mass is 16.2. The number of hydrogen-bond acceptors (Lipinski definition) is 4. The van der Waals surface area contributed by atoms with Gasteiger partial charge in [-0.25, -0.2) is 4.98 Å². The summed E-state index contributed by atoms with van der Waals surface area (Å²) in [7, 11) is 0. The van der Waals surface area contributed by atoms with Gasteiger partial charge in [-0.1, -0.05) is 13.8 Å². The van der Waals surface area contributed by atoms with Gasteiger partial charge in [0.25, 0.3) is 5.91 Å². The molecule has 1 amide bonds. The van der Waals surface area contributed by atoms with Crippen molar-refractivity contribution in [2.75, 3.05) is 31.1 Å². The number of amides is 1. The summed E-state index contributed by atoms with van der Waals surface area (Å²) >= 11 is 0. The number of aromatic nitrogens is 1. The van der Waals surface area contributed by atoms with E-state index in [2.05, 4.69) is 30.7 Å². The van der Waals surface area contributed by atoms with Crippen LogP contribution in [0.5, 0.6) is 0 Å². The van der Waals surface area contributed by atoms with Gasteiger partial charge in [-0.2, -0.15) is 0 Å². The highest BCUT2D eigenvalue weighted by molar-refractivity contribution is 5.94. The van der Waals surface area contributed by atoms with E-state index in [4.69, 9.17) is 5.73 Å². The molecule has 1 saturated heterocycles. The number of carbonyl (C=O) groups excluding carboxylic acids is 1. The van der Waals surface area contributed by atoms with Gasteiger partial charge >= 0.3 is 0 Å². The lowest BCUT2D eigenvalue weighted by Gasteiger charge is -2.38. The number of pyridine rings is 1. The molecule has 128 valence electrons. The third-order valence-corrected chi connectivity index (χ3v) is 4.71. The Hall–Kier alpha value is -1.62. The summed E-state index contributed by atoms with van der Waals surface area (Å²) in [6.07, 6.45) is 4.84. The minimum absolute atomic E-state index is 0.0601. The van der Waals surface area contributed by atoms with Crippen LogP contribution in [0, 0.1) is 5.92 Å². The summed E-state index contributed by atoms with van der Waals surface area (Å²) in [5.74, 6) is 1.64. The van der Waals surface area contributed by atoms with Crippen LogP contribution in [-0.2, 0) is 0 Å². The molecular formula is C18H30N4O. The van der Waals surface area contributed by atoms with Gasteiger partial charge in [0, 0.05) is 38.4 Å². The first kappa shape index (κ1) is 17.7. The predicted molar refractivity (Wildman–Crippen MR) is 94.7 cm³/mol. The topological polar surface area (TPSA) is 62.5 Å². The monoisotopic (exact) mass is 318 g/mol. The van der Waals surface area contributed by atoms with E-state index in [1.807, 2.05) is 17.0 Å². The number of likely N-dealkylation sites (tertiary alicyclic amines) is 1. The maximum atomic E-state index is 12.8. The van der Waals surface area contributed by atoms with Gasteiger partial charge in [-0.15, -0.1) is 0 Å². The molecule has 0 spiro atoms. The molecule has 2 atom stereocenters. The molecule has 1 aliphatic rings. The van der Waals surface area contributed by atoms with Gasteiger partial charge in [0.05, 0.1) is 5.56 Å². The van der Waals surface area contributed by atoms with Gasteiger partial charge < -0.3 is 15.5 Å². The van der Waals surface area contributed by atoms with Crippen molar-refractivity contribution >= 4 is 11.7 Å². The number of rotatable bonds is 6. The summed E-state index contributed by atoms with van der Waals surface area (Å²) in [5, 5.41) is 0. The van der Waals surface area contributed by atoms with E-state index < -0.39 is 0 Å². The van der Waals surface area contributed by atoms with Gasteiger partial charge in [-0.3, -0.25) is 4.79 Å². The molecule has 2 unspecified atom stereocenters. The van der Waals surface area contributed by atoms with E-state index in [0.717, 1.165) is 44.7 Å². The summed E-state index contributed by atoms with van der Waals surface area (Å²) < 4.78 is 0. The minimum atomic E-state index is 0.0601. The molecule has 0 bridgehead atoms. The van der Waals surface area contributed by atoms with E-state index in [1.54, 1.807) is 6.20 Å². The molecule has 2 N–H and O–H groups in total. The van der Waals surface area contributed by atoms with Crippen LogP contribution in [0.1, 0.15) is 50.4 Å². The second-order valence-corrected chi connectivity index (χ2v) is 6.50.